The van der Waals surface area contributed by atoms with Crippen LogP contribution in [-0.2, 0) is 9.84 Å². The molecule has 0 spiro atoms. The highest BCUT2D eigenvalue weighted by molar-refractivity contribution is 9.10. The van der Waals surface area contributed by atoms with Gasteiger partial charge in [-0.1, -0.05) is 28.9 Å². The van der Waals surface area contributed by atoms with Gasteiger partial charge >= 0.3 is 0 Å². The van der Waals surface area contributed by atoms with Gasteiger partial charge in [-0.2, -0.15) is 0 Å². The van der Waals surface area contributed by atoms with Gasteiger partial charge in [-0.3, -0.25) is 0 Å². The van der Waals surface area contributed by atoms with E-state index in [1.165, 1.54) is 0 Å². The van der Waals surface area contributed by atoms with Crippen LogP contribution >= 0.6 is 15.9 Å². The molecule has 1 aromatic carbocycles. The van der Waals surface area contributed by atoms with Gasteiger partial charge in [-0.05, 0) is 31.2 Å². The second kappa shape index (κ2) is 7.23. The first kappa shape index (κ1) is 15.6. The predicted molar refractivity (Wildman–Crippen MR) is 75.4 cm³/mol. The minimum atomic E-state index is -3.33. The molecule has 102 valence electrons. The van der Waals surface area contributed by atoms with Gasteiger partial charge < -0.3 is 10.4 Å². The summed E-state index contributed by atoms with van der Waals surface area (Å²) in [4.78, 5) is 0.303. The van der Waals surface area contributed by atoms with E-state index in [-0.39, 0.29) is 18.4 Å². The standard InChI is InChI=1S/C12H18BrNO3S/c1-2-14-11(6-7-15)9-18(16,17)12-5-3-4-10(13)8-12/h3-5,8,11,14-15H,2,6-7,9H2,1H3. The number of aliphatic hydroxyl groups excluding tert-OH is 1. The number of hydrogen-bond acceptors (Lipinski definition) is 4. The van der Waals surface area contributed by atoms with Gasteiger partial charge in [0.15, 0.2) is 9.84 Å². The van der Waals surface area contributed by atoms with Crippen molar-refractivity contribution in [3.8, 4) is 0 Å². The molecule has 0 radical (unpaired) electrons. The average Bonchev–Trinajstić information content (AvgIpc) is 2.29. The minimum absolute atomic E-state index is 0.00213. The summed E-state index contributed by atoms with van der Waals surface area (Å²) in [5.74, 6) is -0.00213. The van der Waals surface area contributed by atoms with Gasteiger partial charge in [0.25, 0.3) is 0 Å². The molecule has 0 heterocycles. The largest absolute Gasteiger partial charge is 0.396 e. The lowest BCUT2D eigenvalue weighted by atomic mass is 10.2. The first-order chi connectivity index (χ1) is 8.49. The Morgan fingerprint density at radius 2 is 2.17 bits per heavy atom. The summed E-state index contributed by atoms with van der Waals surface area (Å²) >= 11 is 3.26. The Morgan fingerprint density at radius 3 is 2.72 bits per heavy atom. The first-order valence-corrected chi connectivity index (χ1v) is 8.26. The molecule has 2 N–H and O–H groups in total. The van der Waals surface area contributed by atoms with Crippen LogP contribution in [-0.4, -0.2) is 38.5 Å². The topological polar surface area (TPSA) is 66.4 Å². The third-order valence-corrected chi connectivity index (χ3v) is 4.85. The van der Waals surface area contributed by atoms with Gasteiger partial charge in [0.1, 0.15) is 0 Å². The van der Waals surface area contributed by atoms with E-state index in [9.17, 15) is 8.42 Å². The lowest BCUT2D eigenvalue weighted by Crippen LogP contribution is -2.36. The monoisotopic (exact) mass is 335 g/mol. The Hall–Kier alpha value is -0.430. The molecule has 0 saturated heterocycles. The summed E-state index contributed by atoms with van der Waals surface area (Å²) in [6, 6.07) is 6.45. The van der Waals surface area contributed by atoms with E-state index in [0.717, 1.165) is 4.47 Å². The molecule has 4 nitrogen and oxygen atoms in total. The summed E-state index contributed by atoms with van der Waals surface area (Å²) in [5, 5.41) is 12.0. The normalized spacial score (nSPS) is 13.5. The molecule has 0 bridgehead atoms. The molecule has 0 aliphatic carbocycles. The smallest absolute Gasteiger partial charge is 0.179 e. The fourth-order valence-corrected chi connectivity index (χ4v) is 3.86. The van der Waals surface area contributed by atoms with Crippen LogP contribution in [0.3, 0.4) is 0 Å². The molecule has 0 fully saturated rings. The first-order valence-electron chi connectivity index (χ1n) is 5.82. The van der Waals surface area contributed by atoms with Crippen molar-refractivity contribution in [3.63, 3.8) is 0 Å². The zero-order valence-electron chi connectivity index (χ0n) is 10.3. The number of sulfone groups is 1. The molecule has 6 heteroatoms. The Bertz CT molecular complexity index is 470. The quantitative estimate of drug-likeness (QED) is 0.794. The molecule has 1 atom stereocenters. The highest BCUT2D eigenvalue weighted by atomic mass is 79.9. The summed E-state index contributed by atoms with van der Waals surface area (Å²) < 4.78 is 25.1. The Balaban J connectivity index is 2.86. The molecule has 0 aliphatic rings. The van der Waals surface area contributed by atoms with Gasteiger partial charge in [-0.15, -0.1) is 0 Å². The number of nitrogens with one attached hydrogen (secondary N) is 1. The molecule has 0 aliphatic heterocycles. The zero-order valence-corrected chi connectivity index (χ0v) is 12.7. The van der Waals surface area contributed by atoms with Crippen molar-refractivity contribution in [1.82, 2.24) is 5.32 Å². The van der Waals surface area contributed by atoms with E-state index < -0.39 is 9.84 Å². The Labute approximate surface area is 116 Å². The SMILES string of the molecule is CCNC(CCO)CS(=O)(=O)c1cccc(Br)c1. The van der Waals surface area contributed by atoms with Gasteiger partial charge in [-0.25, -0.2) is 8.42 Å². The lowest BCUT2D eigenvalue weighted by Gasteiger charge is -2.16. The van der Waals surface area contributed by atoms with Gasteiger partial charge in [0.2, 0.25) is 0 Å². The summed E-state index contributed by atoms with van der Waals surface area (Å²) in [7, 11) is -3.33. The number of benzene rings is 1. The van der Waals surface area contributed by atoms with Crippen molar-refractivity contribution in [1.29, 1.82) is 0 Å². The maximum absolute atomic E-state index is 12.2. The summed E-state index contributed by atoms with van der Waals surface area (Å²) in [6.45, 7) is 2.57. The van der Waals surface area contributed by atoms with E-state index in [1.807, 2.05) is 6.92 Å². The second-order valence-electron chi connectivity index (χ2n) is 4.01. The fraction of sp³-hybridized carbons (Fsp3) is 0.500. The van der Waals surface area contributed by atoms with Crippen molar-refractivity contribution in [2.75, 3.05) is 18.9 Å². The maximum Gasteiger partial charge on any atom is 0.179 e. The van der Waals surface area contributed by atoms with E-state index >= 15 is 0 Å². The van der Waals surface area contributed by atoms with Crippen LogP contribution in [0, 0.1) is 0 Å². The van der Waals surface area contributed by atoms with Crippen LogP contribution in [0.5, 0.6) is 0 Å². The number of rotatable bonds is 7. The van der Waals surface area contributed by atoms with Gasteiger partial charge in [0.05, 0.1) is 10.6 Å². The molecule has 0 saturated carbocycles. The number of aliphatic hydroxyl groups is 1. The molecule has 1 rings (SSSR count). The van der Waals surface area contributed by atoms with Crippen LogP contribution in [0.2, 0.25) is 0 Å². The van der Waals surface area contributed by atoms with Crippen LogP contribution < -0.4 is 5.32 Å². The van der Waals surface area contributed by atoms with Crippen molar-refractivity contribution in [3.05, 3.63) is 28.7 Å². The maximum atomic E-state index is 12.2. The average molecular weight is 336 g/mol. The third kappa shape index (κ3) is 4.68. The Morgan fingerprint density at radius 1 is 1.44 bits per heavy atom. The molecule has 0 aromatic heterocycles. The van der Waals surface area contributed by atoms with Crippen molar-refractivity contribution in [2.45, 2.75) is 24.3 Å². The van der Waals surface area contributed by atoms with E-state index in [2.05, 4.69) is 21.2 Å². The lowest BCUT2D eigenvalue weighted by molar-refractivity contribution is 0.270. The highest BCUT2D eigenvalue weighted by Gasteiger charge is 2.20. The van der Waals surface area contributed by atoms with Crippen LogP contribution in [0.25, 0.3) is 0 Å². The van der Waals surface area contributed by atoms with Crippen LogP contribution in [0.15, 0.2) is 33.6 Å². The molecular formula is C12H18BrNO3S. The second-order valence-corrected chi connectivity index (χ2v) is 6.96. The van der Waals surface area contributed by atoms with Gasteiger partial charge in [0, 0.05) is 17.1 Å². The fourth-order valence-electron chi connectivity index (χ4n) is 1.71. The van der Waals surface area contributed by atoms with E-state index in [0.29, 0.717) is 17.9 Å². The molecule has 0 amide bonds. The Kier molecular flexibility index (Phi) is 6.28. The molecule has 18 heavy (non-hydrogen) atoms. The predicted octanol–water partition coefficient (Wildman–Crippen LogP) is 1.58. The molecule has 1 unspecified atom stereocenters. The van der Waals surface area contributed by atoms with Crippen molar-refractivity contribution < 1.29 is 13.5 Å². The van der Waals surface area contributed by atoms with E-state index in [1.54, 1.807) is 24.3 Å². The molecule has 1 aromatic rings. The van der Waals surface area contributed by atoms with Crippen molar-refractivity contribution in [2.24, 2.45) is 0 Å². The minimum Gasteiger partial charge on any atom is -0.396 e. The summed E-state index contributed by atoms with van der Waals surface area (Å²) in [6.07, 6.45) is 0.432. The third-order valence-electron chi connectivity index (χ3n) is 2.55. The van der Waals surface area contributed by atoms with Crippen LogP contribution in [0.4, 0.5) is 0 Å². The summed E-state index contributed by atoms with van der Waals surface area (Å²) in [5.41, 5.74) is 0. The highest BCUT2D eigenvalue weighted by Crippen LogP contribution is 2.18. The number of hydrogen-bond donors (Lipinski definition) is 2. The molecular weight excluding hydrogens is 318 g/mol. The van der Waals surface area contributed by atoms with Crippen LogP contribution in [0.1, 0.15) is 13.3 Å². The number of halogens is 1. The van der Waals surface area contributed by atoms with E-state index in [4.69, 9.17) is 5.11 Å². The van der Waals surface area contributed by atoms with Crippen molar-refractivity contribution >= 4 is 25.8 Å². The zero-order chi connectivity index (χ0) is 13.6.